The van der Waals surface area contributed by atoms with Gasteiger partial charge < -0.3 is 10.3 Å². The topological polar surface area (TPSA) is 62.0 Å². The Balaban J connectivity index is 2.12. The summed E-state index contributed by atoms with van der Waals surface area (Å²) in [6.45, 7) is 5.49. The Morgan fingerprint density at radius 1 is 1.30 bits per heavy atom. The lowest BCUT2D eigenvalue weighted by Gasteiger charge is -2.00. The molecule has 2 heterocycles. The first-order chi connectivity index (χ1) is 10.9. The first-order valence-electron chi connectivity index (χ1n) is 7.47. The molecule has 1 aliphatic heterocycles. The lowest BCUT2D eigenvalue weighted by molar-refractivity contribution is -0.110. The molecular weight excluding hydrogens is 295 g/mol. The SMILES string of the molecule is CCC(=O)c1c(C)[nH]c(/C=C2\C(=O)Nc3ccc(F)cc32)c1C. The molecule has 1 aromatic carbocycles. The average Bonchev–Trinajstić information content (AvgIpc) is 2.96. The summed E-state index contributed by atoms with van der Waals surface area (Å²) in [4.78, 5) is 27.4. The smallest absolute Gasteiger partial charge is 0.256 e. The highest BCUT2D eigenvalue weighted by Gasteiger charge is 2.25. The Kier molecular flexibility index (Phi) is 3.64. The molecule has 5 heteroatoms. The minimum Gasteiger partial charge on any atom is -0.358 e. The van der Waals surface area contributed by atoms with E-state index in [0.717, 1.165) is 11.3 Å². The second-order valence-electron chi connectivity index (χ2n) is 5.64. The lowest BCUT2D eigenvalue weighted by Crippen LogP contribution is -2.03. The number of halogens is 1. The van der Waals surface area contributed by atoms with Gasteiger partial charge in [0, 0.05) is 34.6 Å². The zero-order valence-electron chi connectivity index (χ0n) is 13.2. The number of aryl methyl sites for hydroxylation is 1. The normalized spacial score (nSPS) is 15.0. The number of carbonyl (C=O) groups excluding carboxylic acids is 2. The van der Waals surface area contributed by atoms with Gasteiger partial charge in [0.25, 0.3) is 5.91 Å². The van der Waals surface area contributed by atoms with Crippen LogP contribution in [0.1, 0.15) is 46.2 Å². The number of H-pyrrole nitrogens is 1. The molecule has 2 N–H and O–H groups in total. The van der Waals surface area contributed by atoms with Crippen molar-refractivity contribution in [1.29, 1.82) is 0 Å². The molecule has 0 aliphatic carbocycles. The van der Waals surface area contributed by atoms with E-state index in [-0.39, 0.29) is 11.7 Å². The number of hydrogen-bond acceptors (Lipinski definition) is 2. The second kappa shape index (κ2) is 5.50. The first-order valence-corrected chi connectivity index (χ1v) is 7.47. The maximum Gasteiger partial charge on any atom is 0.256 e. The van der Waals surface area contributed by atoms with Crippen LogP contribution >= 0.6 is 0 Å². The van der Waals surface area contributed by atoms with Crippen LogP contribution in [0.2, 0.25) is 0 Å². The second-order valence-corrected chi connectivity index (χ2v) is 5.64. The fraction of sp³-hybridized carbons (Fsp3) is 0.222. The van der Waals surface area contributed by atoms with E-state index >= 15 is 0 Å². The molecule has 0 fully saturated rings. The third-order valence-corrected chi connectivity index (χ3v) is 4.13. The summed E-state index contributed by atoms with van der Waals surface area (Å²) in [7, 11) is 0. The zero-order valence-corrected chi connectivity index (χ0v) is 13.2. The van der Waals surface area contributed by atoms with Gasteiger partial charge in [-0.1, -0.05) is 6.92 Å². The summed E-state index contributed by atoms with van der Waals surface area (Å²) in [5.41, 5.74) is 4.45. The number of aromatic nitrogens is 1. The van der Waals surface area contributed by atoms with Crippen LogP contribution < -0.4 is 5.32 Å². The van der Waals surface area contributed by atoms with E-state index in [0.29, 0.717) is 34.5 Å². The molecule has 0 unspecified atom stereocenters. The summed E-state index contributed by atoms with van der Waals surface area (Å²) in [5, 5.41) is 2.72. The number of fused-ring (bicyclic) bond motifs is 1. The number of ketones is 1. The molecule has 1 aliphatic rings. The third kappa shape index (κ3) is 2.48. The molecule has 4 nitrogen and oxygen atoms in total. The van der Waals surface area contributed by atoms with Crippen LogP contribution in [-0.4, -0.2) is 16.7 Å². The Labute approximate surface area is 133 Å². The molecule has 2 aromatic rings. The van der Waals surface area contributed by atoms with E-state index in [1.807, 2.05) is 20.8 Å². The van der Waals surface area contributed by atoms with Crippen LogP contribution in [-0.2, 0) is 4.79 Å². The highest BCUT2D eigenvalue weighted by Crippen LogP contribution is 2.34. The van der Waals surface area contributed by atoms with Crippen LogP contribution in [0, 0.1) is 19.7 Å². The number of hydrogen-bond donors (Lipinski definition) is 2. The van der Waals surface area contributed by atoms with Crippen molar-refractivity contribution < 1.29 is 14.0 Å². The quantitative estimate of drug-likeness (QED) is 0.668. The van der Waals surface area contributed by atoms with Gasteiger partial charge in [0.05, 0.1) is 5.57 Å². The monoisotopic (exact) mass is 312 g/mol. The van der Waals surface area contributed by atoms with Crippen molar-refractivity contribution in [2.75, 3.05) is 5.32 Å². The number of Topliss-reactive ketones (excluding diaryl/α,β-unsaturated/α-hetero) is 1. The number of aromatic amines is 1. The standard InChI is InChI=1S/C18H17FN2O2/c1-4-16(22)17-9(2)15(20-10(17)3)8-13-12-7-11(19)5-6-14(12)21-18(13)23/h5-8,20H,4H2,1-3H3,(H,21,23)/b13-8-. The molecule has 1 amide bonds. The molecule has 1 aromatic heterocycles. The fourth-order valence-corrected chi connectivity index (χ4v) is 2.96. The van der Waals surface area contributed by atoms with E-state index < -0.39 is 5.82 Å². The molecular formula is C18H17FN2O2. The van der Waals surface area contributed by atoms with Crippen LogP contribution in [0.25, 0.3) is 11.6 Å². The number of rotatable bonds is 3. The Morgan fingerprint density at radius 3 is 2.74 bits per heavy atom. The van der Waals surface area contributed by atoms with Crippen LogP contribution in [0.4, 0.5) is 10.1 Å². The van der Waals surface area contributed by atoms with E-state index in [9.17, 15) is 14.0 Å². The van der Waals surface area contributed by atoms with Crippen molar-refractivity contribution in [3.8, 4) is 0 Å². The molecule has 0 atom stereocenters. The Morgan fingerprint density at radius 2 is 2.04 bits per heavy atom. The molecule has 118 valence electrons. The average molecular weight is 312 g/mol. The van der Waals surface area contributed by atoms with Gasteiger partial charge in [-0.3, -0.25) is 9.59 Å². The highest BCUT2D eigenvalue weighted by atomic mass is 19.1. The minimum absolute atomic E-state index is 0.0585. The van der Waals surface area contributed by atoms with Crippen molar-refractivity contribution >= 4 is 29.0 Å². The lowest BCUT2D eigenvalue weighted by atomic mass is 10.0. The van der Waals surface area contributed by atoms with Crippen molar-refractivity contribution in [2.24, 2.45) is 0 Å². The van der Waals surface area contributed by atoms with E-state index in [2.05, 4.69) is 10.3 Å². The van der Waals surface area contributed by atoms with Gasteiger partial charge in [-0.15, -0.1) is 0 Å². The number of nitrogens with one attached hydrogen (secondary N) is 2. The molecule has 0 saturated heterocycles. The van der Waals surface area contributed by atoms with Crippen molar-refractivity contribution in [1.82, 2.24) is 4.98 Å². The predicted molar refractivity (Wildman–Crippen MR) is 87.8 cm³/mol. The Hall–Kier alpha value is -2.69. The summed E-state index contributed by atoms with van der Waals surface area (Å²) in [6, 6.07) is 4.19. The van der Waals surface area contributed by atoms with Crippen molar-refractivity contribution in [2.45, 2.75) is 27.2 Å². The molecule has 0 saturated carbocycles. The third-order valence-electron chi connectivity index (χ3n) is 4.13. The maximum absolute atomic E-state index is 13.5. The van der Waals surface area contributed by atoms with Crippen LogP contribution in [0.5, 0.6) is 0 Å². The predicted octanol–water partition coefficient (Wildman–Crippen LogP) is 3.86. The molecule has 0 spiro atoms. The number of amides is 1. The highest BCUT2D eigenvalue weighted by molar-refractivity contribution is 6.34. The Bertz CT molecular complexity index is 862. The summed E-state index contributed by atoms with van der Waals surface area (Å²) < 4.78 is 13.5. The van der Waals surface area contributed by atoms with Gasteiger partial charge in [-0.05, 0) is 43.7 Å². The number of anilines is 1. The van der Waals surface area contributed by atoms with Crippen molar-refractivity contribution in [3.63, 3.8) is 0 Å². The molecule has 23 heavy (non-hydrogen) atoms. The number of benzene rings is 1. The van der Waals surface area contributed by atoms with Gasteiger partial charge in [0.1, 0.15) is 5.82 Å². The van der Waals surface area contributed by atoms with Gasteiger partial charge in [0.2, 0.25) is 0 Å². The maximum atomic E-state index is 13.5. The summed E-state index contributed by atoms with van der Waals surface area (Å²) >= 11 is 0. The summed E-state index contributed by atoms with van der Waals surface area (Å²) in [5.74, 6) is -0.615. The van der Waals surface area contributed by atoms with E-state index in [1.165, 1.54) is 12.1 Å². The minimum atomic E-state index is -0.396. The van der Waals surface area contributed by atoms with Gasteiger partial charge >= 0.3 is 0 Å². The molecule has 0 bridgehead atoms. The van der Waals surface area contributed by atoms with E-state index in [4.69, 9.17) is 0 Å². The molecule has 0 radical (unpaired) electrons. The van der Waals surface area contributed by atoms with Crippen molar-refractivity contribution in [3.05, 3.63) is 52.1 Å². The molecule has 3 rings (SSSR count). The largest absolute Gasteiger partial charge is 0.358 e. The zero-order chi connectivity index (χ0) is 16.7. The van der Waals surface area contributed by atoms with E-state index in [1.54, 1.807) is 12.1 Å². The van der Waals surface area contributed by atoms with Gasteiger partial charge in [0.15, 0.2) is 5.78 Å². The first kappa shape index (κ1) is 15.2. The van der Waals surface area contributed by atoms with Gasteiger partial charge in [-0.25, -0.2) is 4.39 Å². The summed E-state index contributed by atoms with van der Waals surface area (Å²) in [6.07, 6.45) is 2.10. The van der Waals surface area contributed by atoms with Crippen LogP contribution in [0.15, 0.2) is 18.2 Å². The number of carbonyl (C=O) groups is 2. The fourth-order valence-electron chi connectivity index (χ4n) is 2.96. The van der Waals surface area contributed by atoms with Crippen LogP contribution in [0.3, 0.4) is 0 Å². The van der Waals surface area contributed by atoms with Gasteiger partial charge in [-0.2, -0.15) is 0 Å².